The van der Waals surface area contributed by atoms with Crippen molar-refractivity contribution >= 4 is 5.78 Å². The van der Waals surface area contributed by atoms with Crippen LogP contribution >= 0.6 is 0 Å². The van der Waals surface area contributed by atoms with Crippen LogP contribution in [0.25, 0.3) is 0 Å². The van der Waals surface area contributed by atoms with Crippen LogP contribution < -0.4 is 0 Å². The van der Waals surface area contributed by atoms with E-state index in [1.807, 2.05) is 0 Å². The Bertz CT molecular complexity index is 233. The van der Waals surface area contributed by atoms with Gasteiger partial charge in [-0.15, -0.1) is 6.58 Å². The number of carbonyl (C=O) groups excluding carboxylic acids is 1. The fourth-order valence-electron chi connectivity index (χ4n) is 1.73. The van der Waals surface area contributed by atoms with Gasteiger partial charge in [0.1, 0.15) is 5.78 Å². The van der Waals surface area contributed by atoms with Gasteiger partial charge in [0.25, 0.3) is 0 Å². The first-order valence-electron chi connectivity index (χ1n) is 6.05. The van der Waals surface area contributed by atoms with E-state index in [0.29, 0.717) is 12.8 Å². The molecule has 0 saturated heterocycles. The van der Waals surface area contributed by atoms with E-state index in [2.05, 4.69) is 6.58 Å². The zero-order valence-corrected chi connectivity index (χ0v) is 10.4. The molecule has 100 valence electrons. The van der Waals surface area contributed by atoms with Crippen LogP contribution in [-0.2, 0) is 4.79 Å². The summed E-state index contributed by atoms with van der Waals surface area (Å²) in [5, 5.41) is 0. The van der Waals surface area contributed by atoms with Crippen molar-refractivity contribution in [2.45, 2.75) is 58.0 Å². The van der Waals surface area contributed by atoms with Gasteiger partial charge < -0.3 is 4.79 Å². The number of Topliss-reactive ketones (excluding diaryl/α,β-unsaturated/α-hetero) is 1. The van der Waals surface area contributed by atoms with Crippen LogP contribution in [0.1, 0.15) is 51.9 Å². The van der Waals surface area contributed by atoms with E-state index < -0.39 is 12.1 Å². The van der Waals surface area contributed by atoms with Gasteiger partial charge in [-0.1, -0.05) is 25.3 Å². The summed E-state index contributed by atoms with van der Waals surface area (Å²) in [4.78, 5) is 10.6. The molecule has 0 spiro atoms. The average Bonchev–Trinajstić information content (AvgIpc) is 2.19. The highest BCUT2D eigenvalue weighted by atomic mass is 19.4. The molecule has 0 fully saturated rings. The summed E-state index contributed by atoms with van der Waals surface area (Å²) in [6, 6.07) is 0. The molecule has 0 aliphatic carbocycles. The normalized spacial score (nSPS) is 13.4. The van der Waals surface area contributed by atoms with Gasteiger partial charge >= 0.3 is 6.18 Å². The Balaban J connectivity index is 3.69. The summed E-state index contributed by atoms with van der Waals surface area (Å²) < 4.78 is 37.5. The maximum atomic E-state index is 12.5. The fraction of sp³-hybridized carbons (Fsp3) is 0.769. The minimum Gasteiger partial charge on any atom is -0.300 e. The Labute approximate surface area is 101 Å². The Hall–Kier alpha value is -0.800. The van der Waals surface area contributed by atoms with Crippen LogP contribution in [-0.4, -0.2) is 12.0 Å². The van der Waals surface area contributed by atoms with Crippen molar-refractivity contribution in [2.24, 2.45) is 5.92 Å². The lowest BCUT2D eigenvalue weighted by molar-refractivity contribution is -0.175. The second-order valence-electron chi connectivity index (χ2n) is 4.42. The molecule has 0 unspecified atom stereocenters. The zero-order chi connectivity index (χ0) is 13.3. The minimum atomic E-state index is -4.12. The Morgan fingerprint density at radius 3 is 2.29 bits per heavy atom. The summed E-state index contributed by atoms with van der Waals surface area (Å²) in [7, 11) is 0. The van der Waals surface area contributed by atoms with Gasteiger partial charge in [-0.3, -0.25) is 0 Å². The van der Waals surface area contributed by atoms with E-state index in [0.717, 1.165) is 19.3 Å². The molecule has 4 heteroatoms. The van der Waals surface area contributed by atoms with Gasteiger partial charge in [0.2, 0.25) is 0 Å². The van der Waals surface area contributed by atoms with Crippen molar-refractivity contribution in [3.63, 3.8) is 0 Å². The predicted octanol–water partition coefficient (Wildman–Crippen LogP) is 4.67. The number of carbonyl (C=O) groups is 1. The molecular weight excluding hydrogens is 229 g/mol. The van der Waals surface area contributed by atoms with Gasteiger partial charge in [0.05, 0.1) is 5.92 Å². The first kappa shape index (κ1) is 16.2. The summed E-state index contributed by atoms with van der Waals surface area (Å²) in [6.45, 7) is 4.89. The summed E-state index contributed by atoms with van der Waals surface area (Å²) in [5.41, 5.74) is 0. The van der Waals surface area contributed by atoms with E-state index in [4.69, 9.17) is 0 Å². The molecule has 0 bridgehead atoms. The second-order valence-corrected chi connectivity index (χ2v) is 4.42. The number of allylic oxidation sites excluding steroid dienone is 1. The highest BCUT2D eigenvalue weighted by molar-refractivity contribution is 5.75. The summed E-state index contributed by atoms with van der Waals surface area (Å²) >= 11 is 0. The Kier molecular flexibility index (Phi) is 7.92. The van der Waals surface area contributed by atoms with Crippen molar-refractivity contribution in [3.05, 3.63) is 12.7 Å². The van der Waals surface area contributed by atoms with Crippen molar-refractivity contribution in [3.8, 4) is 0 Å². The predicted molar refractivity (Wildman–Crippen MR) is 62.7 cm³/mol. The first-order chi connectivity index (χ1) is 7.88. The van der Waals surface area contributed by atoms with Crippen LogP contribution in [0.15, 0.2) is 12.7 Å². The lowest BCUT2D eigenvalue weighted by Crippen LogP contribution is -2.22. The molecule has 0 saturated carbocycles. The van der Waals surface area contributed by atoms with Crippen molar-refractivity contribution in [1.29, 1.82) is 0 Å². The first-order valence-corrected chi connectivity index (χ1v) is 6.05. The highest BCUT2D eigenvalue weighted by Crippen LogP contribution is 2.33. The number of rotatable bonds is 9. The van der Waals surface area contributed by atoms with Crippen LogP contribution in [0.4, 0.5) is 13.2 Å². The van der Waals surface area contributed by atoms with Gasteiger partial charge in [-0.2, -0.15) is 13.2 Å². The van der Waals surface area contributed by atoms with Gasteiger partial charge in [-0.25, -0.2) is 0 Å². The molecule has 0 heterocycles. The van der Waals surface area contributed by atoms with Gasteiger partial charge in [0.15, 0.2) is 0 Å². The van der Waals surface area contributed by atoms with Crippen molar-refractivity contribution in [1.82, 2.24) is 0 Å². The third kappa shape index (κ3) is 8.95. The van der Waals surface area contributed by atoms with E-state index in [-0.39, 0.29) is 18.6 Å². The topological polar surface area (TPSA) is 17.1 Å². The largest absolute Gasteiger partial charge is 0.392 e. The maximum absolute atomic E-state index is 12.5. The van der Waals surface area contributed by atoms with Crippen LogP contribution in [0, 0.1) is 5.92 Å². The molecular formula is C13H21F3O. The number of halogens is 3. The standard InChI is InChI=1S/C13H21F3O/c1-3-8-12(13(14,15)16)10-7-5-4-6-9-11(2)17/h3,12H,1,4-10H2,2H3/t12-/m0/s1. The number of ketones is 1. The zero-order valence-electron chi connectivity index (χ0n) is 10.4. The lowest BCUT2D eigenvalue weighted by Gasteiger charge is -2.18. The molecule has 1 atom stereocenters. The minimum absolute atomic E-state index is 0.00303. The van der Waals surface area contributed by atoms with Gasteiger partial charge in [0, 0.05) is 6.42 Å². The Morgan fingerprint density at radius 2 is 1.82 bits per heavy atom. The molecule has 0 rings (SSSR count). The van der Waals surface area contributed by atoms with Crippen molar-refractivity contribution < 1.29 is 18.0 Å². The molecule has 0 aromatic rings. The van der Waals surface area contributed by atoms with Crippen LogP contribution in [0.5, 0.6) is 0 Å². The average molecular weight is 250 g/mol. The van der Waals surface area contributed by atoms with Crippen molar-refractivity contribution in [2.75, 3.05) is 0 Å². The molecule has 1 nitrogen and oxygen atoms in total. The molecule has 0 N–H and O–H groups in total. The highest BCUT2D eigenvalue weighted by Gasteiger charge is 2.37. The molecule has 0 aromatic carbocycles. The number of hydrogen-bond acceptors (Lipinski definition) is 1. The van der Waals surface area contributed by atoms with E-state index >= 15 is 0 Å². The molecule has 0 aliphatic heterocycles. The second kappa shape index (κ2) is 8.31. The van der Waals surface area contributed by atoms with Crippen LogP contribution in [0.2, 0.25) is 0 Å². The third-order valence-corrected chi connectivity index (χ3v) is 2.75. The quantitative estimate of drug-likeness (QED) is 0.429. The molecule has 17 heavy (non-hydrogen) atoms. The molecule has 0 amide bonds. The summed E-state index contributed by atoms with van der Waals surface area (Å²) in [5.74, 6) is -1.11. The summed E-state index contributed by atoms with van der Waals surface area (Å²) in [6.07, 6.45) is 0.849. The number of hydrogen-bond donors (Lipinski definition) is 0. The van der Waals surface area contributed by atoms with Gasteiger partial charge in [-0.05, 0) is 26.2 Å². The SMILES string of the molecule is C=CC[C@@H](CCCCCCC(C)=O)C(F)(F)F. The smallest absolute Gasteiger partial charge is 0.300 e. The number of unbranched alkanes of at least 4 members (excludes halogenated alkanes) is 3. The fourth-order valence-corrected chi connectivity index (χ4v) is 1.73. The van der Waals surface area contributed by atoms with E-state index in [9.17, 15) is 18.0 Å². The monoisotopic (exact) mass is 250 g/mol. The molecule has 0 radical (unpaired) electrons. The third-order valence-electron chi connectivity index (χ3n) is 2.75. The molecule has 0 aliphatic rings. The van der Waals surface area contributed by atoms with Crippen LogP contribution in [0.3, 0.4) is 0 Å². The Morgan fingerprint density at radius 1 is 1.24 bits per heavy atom. The number of alkyl halides is 3. The van der Waals surface area contributed by atoms with E-state index in [1.165, 1.54) is 13.0 Å². The molecule has 0 aromatic heterocycles. The maximum Gasteiger partial charge on any atom is 0.392 e. The van der Waals surface area contributed by atoms with E-state index in [1.54, 1.807) is 0 Å². The lowest BCUT2D eigenvalue weighted by atomic mass is 9.96.